The van der Waals surface area contributed by atoms with Gasteiger partial charge in [-0.1, -0.05) is 35.3 Å². The summed E-state index contributed by atoms with van der Waals surface area (Å²) in [6.07, 6.45) is 0.0783. The maximum Gasteiger partial charge on any atom is 0.228 e. The van der Waals surface area contributed by atoms with Gasteiger partial charge in [0.2, 0.25) is 5.91 Å². The van der Waals surface area contributed by atoms with Crippen LogP contribution in [0.25, 0.3) is 0 Å². The molecule has 0 spiro atoms. The molecule has 0 radical (unpaired) electrons. The Labute approximate surface area is 171 Å². The molecule has 0 saturated carbocycles. The number of halogens is 3. The number of nitrogens with zero attached hydrogens (tertiary/aromatic N) is 1. The zero-order chi connectivity index (χ0) is 19.4. The minimum Gasteiger partial charge on any atom is -0.369 e. The van der Waals surface area contributed by atoms with Crippen LogP contribution in [0.2, 0.25) is 9.36 Å². The van der Waals surface area contributed by atoms with E-state index in [1.165, 1.54) is 23.5 Å². The maximum absolute atomic E-state index is 13.2. The second kappa shape index (κ2) is 8.74. The van der Waals surface area contributed by atoms with Crippen molar-refractivity contribution in [3.8, 4) is 0 Å². The molecule has 3 aromatic rings. The molecule has 1 aromatic heterocycles. The molecule has 0 fully saturated rings. The number of hydrogen-bond donors (Lipinski definition) is 1. The van der Waals surface area contributed by atoms with Crippen molar-refractivity contribution in [3.63, 3.8) is 0 Å². The lowest BCUT2D eigenvalue weighted by Crippen LogP contribution is -2.17. The molecule has 1 amide bonds. The predicted molar refractivity (Wildman–Crippen MR) is 112 cm³/mol. The van der Waals surface area contributed by atoms with E-state index in [-0.39, 0.29) is 18.1 Å². The van der Waals surface area contributed by atoms with Gasteiger partial charge in [0.25, 0.3) is 0 Å². The van der Waals surface area contributed by atoms with Crippen molar-refractivity contribution < 1.29 is 9.18 Å². The van der Waals surface area contributed by atoms with E-state index < -0.39 is 0 Å². The Bertz CT molecular complexity index is 961. The van der Waals surface area contributed by atoms with E-state index in [1.807, 2.05) is 30.1 Å². The molecule has 0 aliphatic carbocycles. The van der Waals surface area contributed by atoms with Gasteiger partial charge in [-0.3, -0.25) is 4.79 Å². The SMILES string of the molecule is CN(Cc1ccc(Cl)s1)c1ccc(NC(=O)Cc2cccc(F)c2)c(Cl)c1. The normalized spacial score (nSPS) is 10.7. The highest BCUT2D eigenvalue weighted by molar-refractivity contribution is 7.16. The van der Waals surface area contributed by atoms with Gasteiger partial charge in [-0.15, -0.1) is 11.3 Å². The Kier molecular flexibility index (Phi) is 6.37. The fourth-order valence-corrected chi connectivity index (χ4v) is 3.99. The first-order chi connectivity index (χ1) is 12.9. The van der Waals surface area contributed by atoms with Crippen LogP contribution in [0.15, 0.2) is 54.6 Å². The number of amides is 1. The molecule has 0 aliphatic rings. The molecular formula is C20H17Cl2FN2OS. The first kappa shape index (κ1) is 19.7. The summed E-state index contributed by atoms with van der Waals surface area (Å²) in [5.74, 6) is -0.616. The Hall–Kier alpha value is -2.08. The van der Waals surface area contributed by atoms with Crippen LogP contribution in [0, 0.1) is 5.82 Å². The van der Waals surface area contributed by atoms with Gasteiger partial charge in [0.05, 0.1) is 28.0 Å². The molecule has 0 aliphatic heterocycles. The van der Waals surface area contributed by atoms with Crippen LogP contribution in [-0.2, 0) is 17.8 Å². The zero-order valence-corrected chi connectivity index (χ0v) is 16.8. The number of rotatable bonds is 6. The quantitative estimate of drug-likeness (QED) is 0.527. The largest absolute Gasteiger partial charge is 0.369 e. The van der Waals surface area contributed by atoms with E-state index in [0.717, 1.165) is 14.9 Å². The lowest BCUT2D eigenvalue weighted by atomic mass is 10.1. The summed E-state index contributed by atoms with van der Waals surface area (Å²) in [7, 11) is 1.96. The third-order valence-electron chi connectivity index (χ3n) is 3.94. The standard InChI is InChI=1S/C20H17Cl2FN2OS/c1-25(12-16-6-8-19(22)27-16)15-5-7-18(17(21)11-15)24-20(26)10-13-3-2-4-14(23)9-13/h2-9,11H,10,12H2,1H3,(H,24,26). The van der Waals surface area contributed by atoms with Crippen molar-refractivity contribution in [2.45, 2.75) is 13.0 Å². The van der Waals surface area contributed by atoms with Crippen molar-refractivity contribution in [3.05, 3.63) is 80.2 Å². The van der Waals surface area contributed by atoms with Crippen molar-refractivity contribution in [2.24, 2.45) is 0 Å². The summed E-state index contributed by atoms with van der Waals surface area (Å²) in [5.41, 5.74) is 2.05. The highest BCUT2D eigenvalue weighted by atomic mass is 35.5. The number of hydrogen-bond acceptors (Lipinski definition) is 3. The van der Waals surface area contributed by atoms with Crippen LogP contribution >= 0.6 is 34.5 Å². The van der Waals surface area contributed by atoms with E-state index >= 15 is 0 Å². The molecule has 3 rings (SSSR count). The first-order valence-corrected chi connectivity index (χ1v) is 9.77. The Balaban J connectivity index is 1.64. The Morgan fingerprint density at radius 3 is 2.63 bits per heavy atom. The first-order valence-electron chi connectivity index (χ1n) is 8.20. The second-order valence-electron chi connectivity index (χ2n) is 6.08. The van der Waals surface area contributed by atoms with Gasteiger partial charge in [0.1, 0.15) is 5.82 Å². The summed E-state index contributed by atoms with van der Waals surface area (Å²) in [5, 5.41) is 3.21. The Morgan fingerprint density at radius 1 is 1.15 bits per heavy atom. The average Bonchev–Trinajstić information content (AvgIpc) is 3.01. The number of carbonyl (C=O) groups excluding carboxylic acids is 1. The monoisotopic (exact) mass is 422 g/mol. The van der Waals surface area contributed by atoms with Crippen LogP contribution in [0.1, 0.15) is 10.4 Å². The maximum atomic E-state index is 13.2. The summed E-state index contributed by atoms with van der Waals surface area (Å²) >= 11 is 13.8. The highest BCUT2D eigenvalue weighted by Crippen LogP contribution is 2.29. The van der Waals surface area contributed by atoms with E-state index in [2.05, 4.69) is 5.32 Å². The topological polar surface area (TPSA) is 32.3 Å². The van der Waals surface area contributed by atoms with E-state index in [1.54, 1.807) is 24.3 Å². The highest BCUT2D eigenvalue weighted by Gasteiger charge is 2.11. The van der Waals surface area contributed by atoms with Crippen molar-refractivity contribution >= 4 is 51.8 Å². The van der Waals surface area contributed by atoms with Crippen LogP contribution < -0.4 is 10.2 Å². The van der Waals surface area contributed by atoms with Crippen molar-refractivity contribution in [1.29, 1.82) is 0 Å². The molecule has 27 heavy (non-hydrogen) atoms. The van der Waals surface area contributed by atoms with Crippen molar-refractivity contribution in [2.75, 3.05) is 17.3 Å². The fraction of sp³-hybridized carbons (Fsp3) is 0.150. The third kappa shape index (κ3) is 5.45. The molecule has 0 bridgehead atoms. The summed E-state index contributed by atoms with van der Waals surface area (Å²) in [6.45, 7) is 0.707. The second-order valence-corrected chi connectivity index (χ2v) is 8.29. The lowest BCUT2D eigenvalue weighted by Gasteiger charge is -2.19. The summed E-state index contributed by atoms with van der Waals surface area (Å²) in [6, 6.07) is 15.3. The molecule has 0 unspecified atom stereocenters. The van der Waals surface area contributed by atoms with Gasteiger partial charge in [0, 0.05) is 17.6 Å². The molecule has 3 nitrogen and oxygen atoms in total. The number of carbonyl (C=O) groups is 1. The van der Waals surface area contributed by atoms with Gasteiger partial charge < -0.3 is 10.2 Å². The van der Waals surface area contributed by atoms with Crippen LogP contribution in [0.3, 0.4) is 0 Å². The van der Waals surface area contributed by atoms with Gasteiger partial charge in [0.15, 0.2) is 0 Å². The van der Waals surface area contributed by atoms with Gasteiger partial charge in [-0.25, -0.2) is 4.39 Å². The van der Waals surface area contributed by atoms with Crippen LogP contribution in [-0.4, -0.2) is 13.0 Å². The van der Waals surface area contributed by atoms with Crippen molar-refractivity contribution in [1.82, 2.24) is 0 Å². The van der Waals surface area contributed by atoms with Gasteiger partial charge in [-0.05, 0) is 48.0 Å². The summed E-state index contributed by atoms with van der Waals surface area (Å²) in [4.78, 5) is 15.4. The smallest absolute Gasteiger partial charge is 0.228 e. The third-order valence-corrected chi connectivity index (χ3v) is 5.47. The number of thiophene rings is 1. The molecule has 2 aromatic carbocycles. The lowest BCUT2D eigenvalue weighted by molar-refractivity contribution is -0.115. The number of anilines is 2. The van der Waals surface area contributed by atoms with E-state index in [0.29, 0.717) is 22.8 Å². The molecular weight excluding hydrogens is 406 g/mol. The van der Waals surface area contributed by atoms with E-state index in [9.17, 15) is 9.18 Å². The average molecular weight is 423 g/mol. The molecule has 0 atom stereocenters. The van der Waals surface area contributed by atoms with Crippen LogP contribution in [0.4, 0.5) is 15.8 Å². The fourth-order valence-electron chi connectivity index (χ4n) is 2.63. The minimum atomic E-state index is -0.363. The van der Waals surface area contributed by atoms with E-state index in [4.69, 9.17) is 23.2 Å². The van der Waals surface area contributed by atoms with Gasteiger partial charge in [-0.2, -0.15) is 0 Å². The number of benzene rings is 2. The molecule has 7 heteroatoms. The zero-order valence-electron chi connectivity index (χ0n) is 14.5. The Morgan fingerprint density at radius 2 is 1.96 bits per heavy atom. The molecule has 140 valence electrons. The van der Waals surface area contributed by atoms with Gasteiger partial charge >= 0.3 is 0 Å². The molecule has 1 N–H and O–H groups in total. The molecule has 1 heterocycles. The molecule has 0 saturated heterocycles. The summed E-state index contributed by atoms with van der Waals surface area (Å²) < 4.78 is 14.0. The predicted octanol–water partition coefficient (Wildman–Crippen LogP) is 6.01. The number of nitrogens with one attached hydrogen (secondary N) is 1. The van der Waals surface area contributed by atoms with Crippen LogP contribution in [0.5, 0.6) is 0 Å². The minimum absolute atomic E-state index is 0.0783.